The van der Waals surface area contributed by atoms with Crippen molar-refractivity contribution in [1.82, 2.24) is 10.6 Å². The van der Waals surface area contributed by atoms with Gasteiger partial charge in [-0.05, 0) is 18.3 Å². The minimum atomic E-state index is -0.935. The minimum Gasteiger partial charge on any atom is -0.479 e. The lowest BCUT2D eigenvalue weighted by molar-refractivity contribution is -0.149. The molecule has 0 aromatic rings. The Hall–Kier alpha value is -1.30. The molecule has 18 heavy (non-hydrogen) atoms. The molecule has 104 valence electrons. The van der Waals surface area contributed by atoms with E-state index in [4.69, 9.17) is 9.84 Å². The lowest BCUT2D eigenvalue weighted by atomic mass is 9.97. The van der Waals surface area contributed by atoms with Crippen LogP contribution in [0.5, 0.6) is 0 Å². The van der Waals surface area contributed by atoms with Crippen LogP contribution in [0.1, 0.15) is 33.6 Å². The van der Waals surface area contributed by atoms with E-state index in [1.807, 2.05) is 20.8 Å². The molecule has 3 N–H and O–H groups in total. The van der Waals surface area contributed by atoms with Gasteiger partial charge in [0.2, 0.25) is 0 Å². The first-order valence-electron chi connectivity index (χ1n) is 6.18. The Morgan fingerprint density at radius 1 is 1.28 bits per heavy atom. The number of ether oxygens (including phenoxy) is 1. The third-order valence-corrected chi connectivity index (χ3v) is 2.65. The molecule has 6 heteroatoms. The van der Waals surface area contributed by atoms with Crippen molar-refractivity contribution < 1.29 is 19.4 Å². The number of nitrogens with one attached hydrogen (secondary N) is 2. The molecule has 2 unspecified atom stereocenters. The maximum absolute atomic E-state index is 11.5. The molecular weight excluding hydrogens is 236 g/mol. The Kier molecular flexibility index (Phi) is 4.95. The number of hydrogen-bond donors (Lipinski definition) is 3. The summed E-state index contributed by atoms with van der Waals surface area (Å²) in [5.74, 6) is -0.935. The van der Waals surface area contributed by atoms with Crippen LogP contribution >= 0.6 is 0 Å². The summed E-state index contributed by atoms with van der Waals surface area (Å²) < 4.78 is 5.28. The predicted octanol–water partition coefficient (Wildman–Crippen LogP) is 0.964. The van der Waals surface area contributed by atoms with Crippen LogP contribution in [0.2, 0.25) is 0 Å². The van der Waals surface area contributed by atoms with Gasteiger partial charge in [0, 0.05) is 13.1 Å². The number of amides is 2. The van der Waals surface area contributed by atoms with Crippen LogP contribution < -0.4 is 10.6 Å². The number of carbonyl (C=O) groups excluding carboxylic acids is 1. The monoisotopic (exact) mass is 258 g/mol. The molecule has 1 aliphatic rings. The van der Waals surface area contributed by atoms with Crippen LogP contribution in [0, 0.1) is 5.41 Å². The molecule has 0 saturated carbocycles. The first-order chi connectivity index (χ1) is 8.28. The highest BCUT2D eigenvalue weighted by atomic mass is 16.5. The van der Waals surface area contributed by atoms with Gasteiger partial charge in [0.15, 0.2) is 6.10 Å². The van der Waals surface area contributed by atoms with Crippen LogP contribution in [0.4, 0.5) is 4.79 Å². The second-order valence-corrected chi connectivity index (χ2v) is 5.79. The zero-order chi connectivity index (χ0) is 13.8. The van der Waals surface area contributed by atoms with E-state index in [2.05, 4.69) is 10.6 Å². The second-order valence-electron chi connectivity index (χ2n) is 5.79. The summed E-state index contributed by atoms with van der Waals surface area (Å²) >= 11 is 0. The molecule has 1 heterocycles. The zero-order valence-corrected chi connectivity index (χ0v) is 11.2. The van der Waals surface area contributed by atoms with E-state index in [-0.39, 0.29) is 17.6 Å². The number of hydrogen-bond acceptors (Lipinski definition) is 3. The SMILES string of the molecule is CC(C)(C)CNC(=O)NCC1CCC(C(=O)O)O1. The van der Waals surface area contributed by atoms with Crippen molar-refractivity contribution in [3.05, 3.63) is 0 Å². The van der Waals surface area contributed by atoms with Crippen LogP contribution in [0.3, 0.4) is 0 Å². The molecular formula is C12H22N2O4. The predicted molar refractivity (Wildman–Crippen MR) is 66.4 cm³/mol. The van der Waals surface area contributed by atoms with E-state index in [9.17, 15) is 9.59 Å². The number of carboxylic acids is 1. The highest BCUT2D eigenvalue weighted by Gasteiger charge is 2.30. The number of rotatable bonds is 4. The van der Waals surface area contributed by atoms with Gasteiger partial charge < -0.3 is 20.5 Å². The van der Waals surface area contributed by atoms with Crippen molar-refractivity contribution in [2.45, 2.75) is 45.8 Å². The standard InChI is InChI=1S/C12H22N2O4/c1-12(2,3)7-14-11(17)13-6-8-4-5-9(18-8)10(15)16/h8-9H,4-7H2,1-3H3,(H,15,16)(H2,13,14,17). The molecule has 0 radical (unpaired) electrons. The van der Waals surface area contributed by atoms with Crippen LogP contribution in [-0.4, -0.2) is 42.4 Å². The highest BCUT2D eigenvalue weighted by Crippen LogP contribution is 2.19. The van der Waals surface area contributed by atoms with Gasteiger partial charge in [0.1, 0.15) is 0 Å². The molecule has 6 nitrogen and oxygen atoms in total. The zero-order valence-electron chi connectivity index (χ0n) is 11.2. The Labute approximate surface area is 107 Å². The first kappa shape index (κ1) is 14.8. The smallest absolute Gasteiger partial charge is 0.332 e. The Morgan fingerprint density at radius 3 is 2.44 bits per heavy atom. The van der Waals surface area contributed by atoms with Crippen molar-refractivity contribution in [3.8, 4) is 0 Å². The van der Waals surface area contributed by atoms with Crippen molar-refractivity contribution in [2.24, 2.45) is 5.41 Å². The molecule has 0 aromatic heterocycles. The second kappa shape index (κ2) is 6.04. The van der Waals surface area contributed by atoms with E-state index >= 15 is 0 Å². The molecule has 2 amide bonds. The maximum atomic E-state index is 11.5. The Bertz CT molecular complexity index is 312. The van der Waals surface area contributed by atoms with Crippen molar-refractivity contribution in [3.63, 3.8) is 0 Å². The first-order valence-corrected chi connectivity index (χ1v) is 6.18. The van der Waals surface area contributed by atoms with Gasteiger partial charge in [0.05, 0.1) is 6.10 Å². The van der Waals surface area contributed by atoms with E-state index in [0.29, 0.717) is 25.9 Å². The van der Waals surface area contributed by atoms with Crippen molar-refractivity contribution >= 4 is 12.0 Å². The summed E-state index contributed by atoms with van der Waals surface area (Å²) in [5.41, 5.74) is 0.0373. The fraction of sp³-hybridized carbons (Fsp3) is 0.833. The fourth-order valence-electron chi connectivity index (χ4n) is 1.65. The fourth-order valence-corrected chi connectivity index (χ4v) is 1.65. The van der Waals surface area contributed by atoms with Gasteiger partial charge in [-0.25, -0.2) is 9.59 Å². The van der Waals surface area contributed by atoms with Crippen molar-refractivity contribution in [1.29, 1.82) is 0 Å². The van der Waals surface area contributed by atoms with Gasteiger partial charge in [0.25, 0.3) is 0 Å². The summed E-state index contributed by atoms with van der Waals surface area (Å²) in [4.78, 5) is 22.1. The van der Waals surface area contributed by atoms with Gasteiger partial charge in [-0.1, -0.05) is 20.8 Å². The lowest BCUT2D eigenvalue weighted by Gasteiger charge is -2.19. The molecule has 1 aliphatic heterocycles. The summed E-state index contributed by atoms with van der Waals surface area (Å²) in [6.45, 7) is 7.03. The molecule has 0 bridgehead atoms. The topological polar surface area (TPSA) is 87.7 Å². The third kappa shape index (κ3) is 5.35. The molecule has 1 rings (SSSR count). The van der Waals surface area contributed by atoms with Gasteiger partial charge in [-0.3, -0.25) is 0 Å². The minimum absolute atomic E-state index is 0.0373. The lowest BCUT2D eigenvalue weighted by Crippen LogP contribution is -2.42. The van der Waals surface area contributed by atoms with Gasteiger partial charge >= 0.3 is 12.0 Å². The van der Waals surface area contributed by atoms with Gasteiger partial charge in [-0.15, -0.1) is 0 Å². The highest BCUT2D eigenvalue weighted by molar-refractivity contribution is 5.74. The summed E-state index contributed by atoms with van der Waals surface area (Å²) in [6.07, 6.45) is 0.239. The van der Waals surface area contributed by atoms with E-state index in [0.717, 1.165) is 0 Å². The van der Waals surface area contributed by atoms with E-state index < -0.39 is 12.1 Å². The van der Waals surface area contributed by atoms with Crippen LogP contribution in [-0.2, 0) is 9.53 Å². The molecule has 1 saturated heterocycles. The summed E-state index contributed by atoms with van der Waals surface area (Å²) in [7, 11) is 0. The average molecular weight is 258 g/mol. The quantitative estimate of drug-likeness (QED) is 0.701. The van der Waals surface area contributed by atoms with E-state index in [1.165, 1.54) is 0 Å². The summed E-state index contributed by atoms with van der Waals surface area (Å²) in [6, 6.07) is -0.243. The number of aliphatic carboxylic acids is 1. The maximum Gasteiger partial charge on any atom is 0.332 e. The Morgan fingerprint density at radius 2 is 1.94 bits per heavy atom. The number of carbonyl (C=O) groups is 2. The molecule has 2 atom stereocenters. The molecule has 1 fully saturated rings. The van der Waals surface area contributed by atoms with Crippen molar-refractivity contribution in [2.75, 3.05) is 13.1 Å². The molecule has 0 aliphatic carbocycles. The third-order valence-electron chi connectivity index (χ3n) is 2.65. The van der Waals surface area contributed by atoms with Gasteiger partial charge in [-0.2, -0.15) is 0 Å². The van der Waals surface area contributed by atoms with Crippen LogP contribution in [0.15, 0.2) is 0 Å². The Balaban J connectivity index is 2.18. The molecule has 0 aromatic carbocycles. The average Bonchev–Trinajstić information content (AvgIpc) is 2.71. The van der Waals surface area contributed by atoms with E-state index in [1.54, 1.807) is 0 Å². The molecule has 0 spiro atoms. The normalized spacial score (nSPS) is 23.7. The summed E-state index contributed by atoms with van der Waals surface area (Å²) in [5, 5.41) is 14.2. The van der Waals surface area contributed by atoms with Crippen LogP contribution in [0.25, 0.3) is 0 Å². The number of urea groups is 1. The largest absolute Gasteiger partial charge is 0.479 e. The number of carboxylic acid groups (broad SMARTS) is 1.